The summed E-state index contributed by atoms with van der Waals surface area (Å²) in [7, 11) is 2.20. The van der Waals surface area contributed by atoms with Crippen LogP contribution in [0, 0.1) is 0 Å². The van der Waals surface area contributed by atoms with Crippen LogP contribution in [0.15, 0.2) is 22.7 Å². The molecule has 0 saturated carbocycles. The SMILES string of the molecule is CC(NCC1CCCN1C)c1ccc(Br)cc1Cl. The zero-order valence-electron chi connectivity index (χ0n) is 10.9. The number of likely N-dealkylation sites (tertiary alicyclic amines) is 1. The van der Waals surface area contributed by atoms with Crippen LogP contribution in [0.4, 0.5) is 0 Å². The van der Waals surface area contributed by atoms with Gasteiger partial charge >= 0.3 is 0 Å². The van der Waals surface area contributed by atoms with Crippen LogP contribution in [-0.4, -0.2) is 31.1 Å². The maximum atomic E-state index is 6.27. The number of rotatable bonds is 4. The second kappa shape index (κ2) is 6.38. The topological polar surface area (TPSA) is 15.3 Å². The number of nitrogens with one attached hydrogen (secondary N) is 1. The van der Waals surface area contributed by atoms with E-state index in [2.05, 4.69) is 46.2 Å². The average Bonchev–Trinajstić information content (AvgIpc) is 2.72. The number of likely N-dealkylation sites (N-methyl/N-ethyl adjacent to an activating group) is 1. The summed E-state index contributed by atoms with van der Waals surface area (Å²) < 4.78 is 1.03. The number of nitrogens with zero attached hydrogens (tertiary/aromatic N) is 1. The van der Waals surface area contributed by atoms with Crippen LogP contribution >= 0.6 is 27.5 Å². The molecule has 0 radical (unpaired) electrons. The van der Waals surface area contributed by atoms with Crippen LogP contribution in [0.2, 0.25) is 5.02 Å². The van der Waals surface area contributed by atoms with Gasteiger partial charge in [-0.25, -0.2) is 0 Å². The molecule has 1 aliphatic heterocycles. The Morgan fingerprint density at radius 1 is 1.56 bits per heavy atom. The molecule has 2 rings (SSSR count). The molecule has 1 N–H and O–H groups in total. The Hall–Kier alpha value is -0.0900. The van der Waals surface area contributed by atoms with Crippen LogP contribution in [0.5, 0.6) is 0 Å². The molecule has 2 nitrogen and oxygen atoms in total. The monoisotopic (exact) mass is 330 g/mol. The summed E-state index contributed by atoms with van der Waals surface area (Å²) in [6, 6.07) is 7.04. The molecule has 1 aliphatic rings. The second-order valence-corrected chi connectivity index (χ2v) is 6.40. The molecule has 100 valence electrons. The molecular formula is C14H20BrClN2. The largest absolute Gasteiger partial charge is 0.309 e. The van der Waals surface area contributed by atoms with Crippen molar-refractivity contribution in [3.8, 4) is 0 Å². The highest BCUT2D eigenvalue weighted by Gasteiger charge is 2.21. The van der Waals surface area contributed by atoms with Gasteiger partial charge in [0, 0.05) is 28.1 Å². The fourth-order valence-corrected chi connectivity index (χ4v) is 3.35. The van der Waals surface area contributed by atoms with E-state index in [0.717, 1.165) is 16.0 Å². The predicted octanol–water partition coefficient (Wildman–Crippen LogP) is 3.85. The van der Waals surface area contributed by atoms with E-state index in [4.69, 9.17) is 11.6 Å². The molecule has 0 amide bonds. The highest BCUT2D eigenvalue weighted by molar-refractivity contribution is 9.10. The van der Waals surface area contributed by atoms with Crippen molar-refractivity contribution in [2.45, 2.75) is 31.8 Å². The first-order valence-electron chi connectivity index (χ1n) is 6.46. The summed E-state index contributed by atoms with van der Waals surface area (Å²) in [6.07, 6.45) is 2.61. The summed E-state index contributed by atoms with van der Waals surface area (Å²) in [5, 5.41) is 4.41. The van der Waals surface area contributed by atoms with Crippen LogP contribution in [0.3, 0.4) is 0 Å². The van der Waals surface area contributed by atoms with E-state index >= 15 is 0 Å². The van der Waals surface area contributed by atoms with Crippen molar-refractivity contribution in [2.75, 3.05) is 20.1 Å². The van der Waals surface area contributed by atoms with Crippen molar-refractivity contribution in [3.05, 3.63) is 33.3 Å². The lowest BCUT2D eigenvalue weighted by molar-refractivity contribution is 0.293. The van der Waals surface area contributed by atoms with Gasteiger partial charge in [0.2, 0.25) is 0 Å². The van der Waals surface area contributed by atoms with Gasteiger partial charge in [0.15, 0.2) is 0 Å². The van der Waals surface area contributed by atoms with Crippen molar-refractivity contribution in [1.29, 1.82) is 0 Å². The number of hydrogen-bond acceptors (Lipinski definition) is 2. The highest BCUT2D eigenvalue weighted by atomic mass is 79.9. The summed E-state index contributed by atoms with van der Waals surface area (Å²) in [5.41, 5.74) is 1.17. The third kappa shape index (κ3) is 3.47. The fraction of sp³-hybridized carbons (Fsp3) is 0.571. The van der Waals surface area contributed by atoms with Gasteiger partial charge < -0.3 is 10.2 Å². The predicted molar refractivity (Wildman–Crippen MR) is 81.2 cm³/mol. The molecule has 2 atom stereocenters. The summed E-state index contributed by atoms with van der Waals surface area (Å²) in [4.78, 5) is 2.43. The van der Waals surface area contributed by atoms with E-state index in [9.17, 15) is 0 Å². The molecule has 1 heterocycles. The molecule has 0 aromatic heterocycles. The summed E-state index contributed by atoms with van der Waals surface area (Å²) >= 11 is 9.70. The van der Waals surface area contributed by atoms with E-state index in [1.807, 2.05) is 12.1 Å². The third-order valence-electron chi connectivity index (χ3n) is 3.76. The molecule has 1 aromatic rings. The van der Waals surface area contributed by atoms with Crippen molar-refractivity contribution < 1.29 is 0 Å². The molecule has 2 unspecified atom stereocenters. The first-order chi connectivity index (χ1) is 8.58. The molecule has 1 aromatic carbocycles. The lowest BCUT2D eigenvalue weighted by Crippen LogP contribution is -2.36. The highest BCUT2D eigenvalue weighted by Crippen LogP contribution is 2.26. The van der Waals surface area contributed by atoms with Crippen LogP contribution < -0.4 is 5.32 Å². The Kier molecular flexibility index (Phi) is 5.07. The van der Waals surface area contributed by atoms with Gasteiger partial charge in [0.05, 0.1) is 0 Å². The Labute approximate surface area is 123 Å². The van der Waals surface area contributed by atoms with Gasteiger partial charge in [0.1, 0.15) is 0 Å². The minimum absolute atomic E-state index is 0.291. The van der Waals surface area contributed by atoms with Gasteiger partial charge in [-0.1, -0.05) is 33.6 Å². The van der Waals surface area contributed by atoms with E-state index in [0.29, 0.717) is 12.1 Å². The summed E-state index contributed by atoms with van der Waals surface area (Å²) in [5.74, 6) is 0. The van der Waals surface area contributed by atoms with E-state index < -0.39 is 0 Å². The number of halogens is 2. The second-order valence-electron chi connectivity index (χ2n) is 5.07. The minimum Gasteiger partial charge on any atom is -0.309 e. The minimum atomic E-state index is 0.291. The number of hydrogen-bond donors (Lipinski definition) is 1. The maximum Gasteiger partial charge on any atom is 0.0464 e. The molecular weight excluding hydrogens is 312 g/mol. The van der Waals surface area contributed by atoms with Crippen molar-refractivity contribution in [3.63, 3.8) is 0 Å². The maximum absolute atomic E-state index is 6.27. The first kappa shape index (κ1) is 14.3. The molecule has 0 bridgehead atoms. The Morgan fingerprint density at radius 3 is 2.94 bits per heavy atom. The van der Waals surface area contributed by atoms with Gasteiger partial charge in [-0.3, -0.25) is 0 Å². The quantitative estimate of drug-likeness (QED) is 0.901. The lowest BCUT2D eigenvalue weighted by Gasteiger charge is -2.23. The molecule has 0 spiro atoms. The number of benzene rings is 1. The van der Waals surface area contributed by atoms with Gasteiger partial charge in [0.25, 0.3) is 0 Å². The van der Waals surface area contributed by atoms with Crippen LogP contribution in [-0.2, 0) is 0 Å². The summed E-state index contributed by atoms with van der Waals surface area (Å²) in [6.45, 7) is 4.42. The molecule has 0 aliphatic carbocycles. The Morgan fingerprint density at radius 2 is 2.33 bits per heavy atom. The first-order valence-corrected chi connectivity index (χ1v) is 7.63. The zero-order valence-corrected chi connectivity index (χ0v) is 13.3. The van der Waals surface area contributed by atoms with E-state index in [1.165, 1.54) is 24.9 Å². The normalized spacial score (nSPS) is 22.3. The molecule has 1 fully saturated rings. The van der Waals surface area contributed by atoms with Crippen molar-refractivity contribution in [2.24, 2.45) is 0 Å². The smallest absolute Gasteiger partial charge is 0.0464 e. The Bertz CT molecular complexity index is 411. The van der Waals surface area contributed by atoms with E-state index in [1.54, 1.807) is 0 Å². The third-order valence-corrected chi connectivity index (χ3v) is 4.58. The van der Waals surface area contributed by atoms with E-state index in [-0.39, 0.29) is 0 Å². The van der Waals surface area contributed by atoms with Crippen LogP contribution in [0.1, 0.15) is 31.4 Å². The lowest BCUT2D eigenvalue weighted by atomic mass is 10.1. The fourth-order valence-electron chi connectivity index (χ4n) is 2.51. The Balaban J connectivity index is 1.93. The standard InChI is InChI=1S/C14H20BrClN2/c1-10(13-6-5-11(15)8-14(13)16)17-9-12-4-3-7-18(12)2/h5-6,8,10,12,17H,3-4,7,9H2,1-2H3. The van der Waals surface area contributed by atoms with Crippen molar-refractivity contribution in [1.82, 2.24) is 10.2 Å². The molecule has 1 saturated heterocycles. The van der Waals surface area contributed by atoms with Crippen molar-refractivity contribution >= 4 is 27.5 Å². The van der Waals surface area contributed by atoms with Crippen LogP contribution in [0.25, 0.3) is 0 Å². The van der Waals surface area contributed by atoms with Gasteiger partial charge in [-0.2, -0.15) is 0 Å². The van der Waals surface area contributed by atoms with Gasteiger partial charge in [-0.05, 0) is 51.1 Å². The molecule has 4 heteroatoms. The molecule has 18 heavy (non-hydrogen) atoms. The van der Waals surface area contributed by atoms with Gasteiger partial charge in [-0.15, -0.1) is 0 Å². The zero-order chi connectivity index (χ0) is 13.1. The average molecular weight is 332 g/mol.